The van der Waals surface area contributed by atoms with Gasteiger partial charge in [-0.15, -0.1) is 0 Å². The number of fused-ring (bicyclic) bond motifs is 1. The molecule has 3 N–H and O–H groups in total. The second-order valence-corrected chi connectivity index (χ2v) is 5.82. The normalized spacial score (nSPS) is 14.3. The lowest BCUT2D eigenvalue weighted by atomic mass is 9.95. The van der Waals surface area contributed by atoms with Crippen LogP contribution in [0.25, 0.3) is 0 Å². The van der Waals surface area contributed by atoms with Gasteiger partial charge in [0.05, 0.1) is 0 Å². The fourth-order valence-electron chi connectivity index (χ4n) is 2.15. The summed E-state index contributed by atoms with van der Waals surface area (Å²) in [5.41, 5.74) is 1.95. The highest BCUT2D eigenvalue weighted by molar-refractivity contribution is 5.93. The quantitative estimate of drug-likeness (QED) is 0.754. The first-order valence-corrected chi connectivity index (χ1v) is 6.54. The molecule has 0 saturated carbocycles. The molecule has 5 nitrogen and oxygen atoms in total. The number of pyridine rings is 1. The van der Waals surface area contributed by atoms with Crippen LogP contribution in [0.3, 0.4) is 0 Å². The van der Waals surface area contributed by atoms with Crippen LogP contribution in [0.15, 0.2) is 6.07 Å². The smallest absolute Gasteiger partial charge is 0.339 e. The second-order valence-electron chi connectivity index (χ2n) is 5.82. The summed E-state index contributed by atoms with van der Waals surface area (Å²) in [5.74, 6) is -0.554. The molecule has 5 heteroatoms. The number of aromatic carboxylic acids is 1. The lowest BCUT2D eigenvalue weighted by molar-refractivity contribution is 0.0697. The van der Waals surface area contributed by atoms with Gasteiger partial charge in [0.1, 0.15) is 11.4 Å². The Morgan fingerprint density at radius 1 is 1.47 bits per heavy atom. The number of aliphatic hydroxyl groups is 1. The topological polar surface area (TPSA) is 82.5 Å². The van der Waals surface area contributed by atoms with Gasteiger partial charge in [-0.1, -0.05) is 13.8 Å². The molecule has 104 valence electrons. The number of rotatable bonds is 5. The molecule has 0 saturated heterocycles. The molecule has 1 heterocycles. The molecule has 1 aromatic heterocycles. The number of hydrogen-bond acceptors (Lipinski definition) is 4. The first kappa shape index (κ1) is 13.8. The Kier molecular flexibility index (Phi) is 3.75. The van der Waals surface area contributed by atoms with Crippen LogP contribution >= 0.6 is 0 Å². The molecule has 0 aliphatic heterocycles. The van der Waals surface area contributed by atoms with E-state index in [4.69, 9.17) is 0 Å². The van der Waals surface area contributed by atoms with Crippen molar-refractivity contribution < 1.29 is 15.0 Å². The molecule has 0 atom stereocenters. The Bertz CT molecular complexity index is 498. The second kappa shape index (κ2) is 5.17. The van der Waals surface area contributed by atoms with Crippen LogP contribution in [0.4, 0.5) is 5.82 Å². The van der Waals surface area contributed by atoms with Crippen LogP contribution in [0, 0.1) is 5.41 Å². The van der Waals surface area contributed by atoms with E-state index in [9.17, 15) is 15.0 Å². The highest BCUT2D eigenvalue weighted by Crippen LogP contribution is 2.26. The number of carbonyl (C=O) groups is 1. The zero-order chi connectivity index (χ0) is 14.0. The first-order chi connectivity index (χ1) is 8.93. The number of carboxylic acids is 1. The Morgan fingerprint density at radius 2 is 2.21 bits per heavy atom. The standard InChI is InChI=1S/C14H20N2O3/c1-14(2,8-17)7-15-12-10(13(18)19)6-9-4-3-5-11(9)16-12/h6,17H,3-5,7-8H2,1-2H3,(H,15,16)(H,18,19). The first-order valence-electron chi connectivity index (χ1n) is 6.54. The van der Waals surface area contributed by atoms with Crippen molar-refractivity contribution in [3.63, 3.8) is 0 Å². The summed E-state index contributed by atoms with van der Waals surface area (Å²) in [5, 5.41) is 21.5. The highest BCUT2D eigenvalue weighted by Gasteiger charge is 2.22. The van der Waals surface area contributed by atoms with E-state index in [1.807, 2.05) is 13.8 Å². The minimum atomic E-state index is -0.966. The van der Waals surface area contributed by atoms with Gasteiger partial charge in [0, 0.05) is 24.3 Å². The average molecular weight is 264 g/mol. The summed E-state index contributed by atoms with van der Waals surface area (Å²) in [6.07, 6.45) is 2.85. The minimum Gasteiger partial charge on any atom is -0.478 e. The molecule has 0 radical (unpaired) electrons. The largest absolute Gasteiger partial charge is 0.478 e. The summed E-state index contributed by atoms with van der Waals surface area (Å²) in [6.45, 7) is 4.34. The van der Waals surface area contributed by atoms with E-state index in [1.165, 1.54) is 0 Å². The fraction of sp³-hybridized carbons (Fsp3) is 0.571. The van der Waals surface area contributed by atoms with E-state index >= 15 is 0 Å². The van der Waals surface area contributed by atoms with Gasteiger partial charge >= 0.3 is 5.97 Å². The van der Waals surface area contributed by atoms with Crippen LogP contribution < -0.4 is 5.32 Å². The molecule has 19 heavy (non-hydrogen) atoms. The van der Waals surface area contributed by atoms with Crippen LogP contribution in [-0.2, 0) is 12.8 Å². The summed E-state index contributed by atoms with van der Waals surface area (Å²) in [6, 6.07) is 1.73. The Hall–Kier alpha value is -1.62. The van der Waals surface area contributed by atoms with Crippen molar-refractivity contribution in [1.82, 2.24) is 4.98 Å². The van der Waals surface area contributed by atoms with Gasteiger partial charge in [0.2, 0.25) is 0 Å². The average Bonchev–Trinajstić information content (AvgIpc) is 2.82. The van der Waals surface area contributed by atoms with Crippen LogP contribution in [-0.4, -0.2) is 34.3 Å². The zero-order valence-electron chi connectivity index (χ0n) is 11.4. The van der Waals surface area contributed by atoms with E-state index in [-0.39, 0.29) is 17.6 Å². The SMILES string of the molecule is CC(C)(CO)CNc1nc2c(cc1C(=O)O)CCC2. The minimum absolute atomic E-state index is 0.0351. The molecule has 0 unspecified atom stereocenters. The Morgan fingerprint density at radius 3 is 2.84 bits per heavy atom. The fourth-order valence-corrected chi connectivity index (χ4v) is 2.15. The third-order valence-corrected chi connectivity index (χ3v) is 3.44. The van der Waals surface area contributed by atoms with Gasteiger partial charge in [-0.2, -0.15) is 0 Å². The number of nitrogens with zero attached hydrogens (tertiary/aromatic N) is 1. The lowest BCUT2D eigenvalue weighted by Crippen LogP contribution is -2.28. The molecule has 1 aliphatic rings. The van der Waals surface area contributed by atoms with Crippen molar-refractivity contribution in [3.05, 3.63) is 22.9 Å². The molecule has 0 aromatic carbocycles. The molecule has 1 aromatic rings. The third-order valence-electron chi connectivity index (χ3n) is 3.44. The molecule has 0 amide bonds. The van der Waals surface area contributed by atoms with E-state index < -0.39 is 5.97 Å². The molecular weight excluding hydrogens is 244 g/mol. The summed E-state index contributed by atoms with van der Waals surface area (Å²) < 4.78 is 0. The van der Waals surface area contributed by atoms with Crippen LogP contribution in [0.5, 0.6) is 0 Å². The maximum absolute atomic E-state index is 11.3. The van der Waals surface area contributed by atoms with Crippen molar-refractivity contribution in [3.8, 4) is 0 Å². The molecule has 0 spiro atoms. The maximum atomic E-state index is 11.3. The maximum Gasteiger partial charge on any atom is 0.339 e. The number of aryl methyl sites for hydroxylation is 2. The number of hydrogen-bond donors (Lipinski definition) is 3. The van der Waals surface area contributed by atoms with E-state index in [0.717, 1.165) is 30.5 Å². The van der Waals surface area contributed by atoms with Gasteiger partial charge < -0.3 is 15.5 Å². The molecular formula is C14H20N2O3. The molecule has 2 rings (SSSR count). The number of carboxylic acid groups (broad SMARTS) is 1. The number of aliphatic hydroxyl groups excluding tert-OH is 1. The van der Waals surface area contributed by atoms with Gasteiger partial charge in [-0.25, -0.2) is 9.78 Å². The predicted octanol–water partition coefficient (Wildman–Crippen LogP) is 1.70. The van der Waals surface area contributed by atoms with Crippen LogP contribution in [0.1, 0.15) is 41.9 Å². The van der Waals surface area contributed by atoms with Crippen molar-refractivity contribution >= 4 is 11.8 Å². The van der Waals surface area contributed by atoms with E-state index in [2.05, 4.69) is 10.3 Å². The van der Waals surface area contributed by atoms with Crippen molar-refractivity contribution in [2.75, 3.05) is 18.5 Å². The highest BCUT2D eigenvalue weighted by atomic mass is 16.4. The van der Waals surface area contributed by atoms with E-state index in [0.29, 0.717) is 12.4 Å². The van der Waals surface area contributed by atoms with Crippen molar-refractivity contribution in [2.24, 2.45) is 5.41 Å². The summed E-state index contributed by atoms with van der Waals surface area (Å²) >= 11 is 0. The lowest BCUT2D eigenvalue weighted by Gasteiger charge is -2.23. The van der Waals surface area contributed by atoms with Crippen LogP contribution in [0.2, 0.25) is 0 Å². The third kappa shape index (κ3) is 3.04. The zero-order valence-corrected chi connectivity index (χ0v) is 11.4. The van der Waals surface area contributed by atoms with Gasteiger partial charge in [-0.3, -0.25) is 0 Å². The molecule has 1 aliphatic carbocycles. The van der Waals surface area contributed by atoms with E-state index in [1.54, 1.807) is 6.07 Å². The van der Waals surface area contributed by atoms with Gasteiger partial charge in [-0.05, 0) is 30.9 Å². The predicted molar refractivity (Wildman–Crippen MR) is 72.6 cm³/mol. The number of aromatic nitrogens is 1. The molecule has 0 bridgehead atoms. The number of nitrogens with one attached hydrogen (secondary N) is 1. The van der Waals surface area contributed by atoms with Crippen molar-refractivity contribution in [1.29, 1.82) is 0 Å². The summed E-state index contributed by atoms with van der Waals surface area (Å²) in [7, 11) is 0. The summed E-state index contributed by atoms with van der Waals surface area (Å²) in [4.78, 5) is 15.7. The Balaban J connectivity index is 2.26. The van der Waals surface area contributed by atoms with Gasteiger partial charge in [0.25, 0.3) is 0 Å². The monoisotopic (exact) mass is 264 g/mol. The number of anilines is 1. The molecule has 0 fully saturated rings. The van der Waals surface area contributed by atoms with Crippen molar-refractivity contribution in [2.45, 2.75) is 33.1 Å². The van der Waals surface area contributed by atoms with Gasteiger partial charge in [0.15, 0.2) is 0 Å². The Labute approximate surface area is 112 Å².